The fourth-order valence-corrected chi connectivity index (χ4v) is 4.00. The van der Waals surface area contributed by atoms with E-state index in [4.69, 9.17) is 9.47 Å². The van der Waals surface area contributed by atoms with E-state index in [1.165, 1.54) is 19.3 Å². The number of nitrogens with zero attached hydrogens (tertiary/aromatic N) is 2. The molecule has 0 aliphatic carbocycles. The van der Waals surface area contributed by atoms with Crippen LogP contribution in [0.3, 0.4) is 0 Å². The van der Waals surface area contributed by atoms with Crippen molar-refractivity contribution in [3.05, 3.63) is 53.6 Å². The Balaban J connectivity index is 1.67. The molecule has 2 heterocycles. The molecule has 5 heteroatoms. The van der Waals surface area contributed by atoms with Crippen molar-refractivity contribution in [2.24, 2.45) is 0 Å². The van der Waals surface area contributed by atoms with Gasteiger partial charge in [-0.3, -0.25) is 14.6 Å². The van der Waals surface area contributed by atoms with Crippen LogP contribution < -0.4 is 14.4 Å². The van der Waals surface area contributed by atoms with Gasteiger partial charge in [0, 0.05) is 11.1 Å². The predicted molar refractivity (Wildman–Crippen MR) is 112 cm³/mol. The summed E-state index contributed by atoms with van der Waals surface area (Å²) in [4.78, 5) is 17.6. The summed E-state index contributed by atoms with van der Waals surface area (Å²) in [5, 5.41) is 0. The number of rotatable bonds is 5. The minimum Gasteiger partial charge on any atom is -0.493 e. The lowest BCUT2D eigenvalue weighted by molar-refractivity contribution is -0.113. The van der Waals surface area contributed by atoms with Crippen molar-refractivity contribution in [1.29, 1.82) is 0 Å². The molecule has 0 radical (unpaired) electrons. The summed E-state index contributed by atoms with van der Waals surface area (Å²) in [5.74, 6) is 1.39. The third-order valence-corrected chi connectivity index (χ3v) is 5.47. The molecule has 2 aromatic rings. The smallest absolute Gasteiger partial charge is 0.260 e. The predicted octanol–water partition coefficient (Wildman–Crippen LogP) is 4.03. The molecule has 1 saturated heterocycles. The Hall–Kier alpha value is -2.79. The maximum Gasteiger partial charge on any atom is 0.260 e. The Morgan fingerprint density at radius 1 is 0.964 bits per heavy atom. The number of hydrogen-bond donors (Lipinski definition) is 0. The van der Waals surface area contributed by atoms with Gasteiger partial charge < -0.3 is 9.47 Å². The molecule has 1 fully saturated rings. The van der Waals surface area contributed by atoms with Gasteiger partial charge in [-0.25, -0.2) is 0 Å². The number of fused-ring (bicyclic) bond motifs is 1. The van der Waals surface area contributed by atoms with E-state index in [2.05, 4.69) is 4.90 Å². The van der Waals surface area contributed by atoms with Crippen molar-refractivity contribution in [3.8, 4) is 11.5 Å². The third kappa shape index (κ3) is 3.50. The Labute approximate surface area is 166 Å². The molecule has 0 bridgehead atoms. The number of hydrogen-bond acceptors (Lipinski definition) is 4. The summed E-state index contributed by atoms with van der Waals surface area (Å²) in [7, 11) is 3.23. The zero-order valence-corrected chi connectivity index (χ0v) is 16.5. The fraction of sp³-hybridized carbons (Fsp3) is 0.348. The van der Waals surface area contributed by atoms with E-state index >= 15 is 0 Å². The molecule has 0 unspecified atom stereocenters. The topological polar surface area (TPSA) is 42.0 Å². The first-order chi connectivity index (χ1) is 13.7. The average Bonchev–Trinajstić information content (AvgIpc) is 3.00. The Morgan fingerprint density at radius 3 is 2.46 bits per heavy atom. The number of ether oxygens (including phenoxy) is 2. The first-order valence-corrected chi connectivity index (χ1v) is 9.78. The summed E-state index contributed by atoms with van der Waals surface area (Å²) >= 11 is 0. The molecule has 4 rings (SSSR count). The van der Waals surface area contributed by atoms with Crippen LogP contribution in [0.25, 0.3) is 11.6 Å². The van der Waals surface area contributed by atoms with Gasteiger partial charge in [-0.05, 0) is 55.8 Å². The lowest BCUT2D eigenvalue weighted by Crippen LogP contribution is -2.42. The standard InChI is InChI=1S/C23H26N2O3/c1-27-21-11-10-17(15-22(21)28-2)14-19-18-8-4-5-9-20(18)25(23(19)26)16-24-12-6-3-7-13-24/h4-5,8-11,14-15H,3,6-7,12-13,16H2,1-2H3. The zero-order chi connectivity index (χ0) is 19.5. The second kappa shape index (κ2) is 8.07. The van der Waals surface area contributed by atoms with E-state index in [0.29, 0.717) is 18.2 Å². The molecule has 2 aliphatic rings. The number of anilines is 1. The van der Waals surface area contributed by atoms with Crippen LogP contribution in [0.5, 0.6) is 11.5 Å². The van der Waals surface area contributed by atoms with Crippen LogP contribution in [0.2, 0.25) is 0 Å². The van der Waals surface area contributed by atoms with Crippen molar-refractivity contribution in [1.82, 2.24) is 4.90 Å². The molecule has 0 aromatic heterocycles. The molecular formula is C23H26N2O3. The van der Waals surface area contributed by atoms with Gasteiger partial charge in [0.1, 0.15) is 0 Å². The van der Waals surface area contributed by atoms with E-state index in [1.807, 2.05) is 53.4 Å². The molecular weight excluding hydrogens is 352 g/mol. The van der Waals surface area contributed by atoms with Gasteiger partial charge in [-0.1, -0.05) is 30.7 Å². The number of carbonyl (C=O) groups excluding carboxylic acids is 1. The molecule has 2 aromatic carbocycles. The van der Waals surface area contributed by atoms with Crippen LogP contribution in [-0.2, 0) is 4.79 Å². The van der Waals surface area contributed by atoms with E-state index in [0.717, 1.165) is 35.5 Å². The summed E-state index contributed by atoms with van der Waals surface area (Å²) in [6, 6.07) is 13.7. The van der Waals surface area contributed by atoms with Crippen molar-refractivity contribution < 1.29 is 14.3 Å². The van der Waals surface area contributed by atoms with Crippen LogP contribution in [0.1, 0.15) is 30.4 Å². The second-order valence-corrected chi connectivity index (χ2v) is 7.24. The zero-order valence-electron chi connectivity index (χ0n) is 16.5. The molecule has 0 spiro atoms. The highest BCUT2D eigenvalue weighted by molar-refractivity contribution is 6.35. The highest BCUT2D eigenvalue weighted by atomic mass is 16.5. The second-order valence-electron chi connectivity index (χ2n) is 7.24. The summed E-state index contributed by atoms with van der Waals surface area (Å²) in [6.07, 6.45) is 5.64. The average molecular weight is 378 g/mol. The minimum atomic E-state index is 0.0570. The van der Waals surface area contributed by atoms with Crippen molar-refractivity contribution in [2.75, 3.05) is 38.9 Å². The Morgan fingerprint density at radius 2 is 1.71 bits per heavy atom. The van der Waals surface area contributed by atoms with Crippen molar-refractivity contribution >= 4 is 23.2 Å². The first kappa shape index (κ1) is 18.6. The van der Waals surface area contributed by atoms with Crippen molar-refractivity contribution in [2.45, 2.75) is 19.3 Å². The van der Waals surface area contributed by atoms with Crippen molar-refractivity contribution in [3.63, 3.8) is 0 Å². The Kier molecular flexibility index (Phi) is 5.35. The van der Waals surface area contributed by atoms with Gasteiger partial charge in [0.15, 0.2) is 11.5 Å². The molecule has 5 nitrogen and oxygen atoms in total. The van der Waals surface area contributed by atoms with E-state index < -0.39 is 0 Å². The number of piperidine rings is 1. The lowest BCUT2D eigenvalue weighted by Gasteiger charge is -2.30. The highest BCUT2D eigenvalue weighted by Crippen LogP contribution is 2.38. The van der Waals surface area contributed by atoms with E-state index in [-0.39, 0.29) is 5.91 Å². The number of carbonyl (C=O) groups is 1. The van der Waals surface area contributed by atoms with Crippen LogP contribution in [-0.4, -0.2) is 44.8 Å². The largest absolute Gasteiger partial charge is 0.493 e. The summed E-state index contributed by atoms with van der Waals surface area (Å²) in [6.45, 7) is 2.76. The van der Waals surface area contributed by atoms with Crippen LogP contribution in [0.4, 0.5) is 5.69 Å². The maximum absolute atomic E-state index is 13.3. The number of benzene rings is 2. The number of amides is 1. The monoisotopic (exact) mass is 378 g/mol. The molecule has 146 valence electrons. The molecule has 28 heavy (non-hydrogen) atoms. The molecule has 0 N–H and O–H groups in total. The van der Waals surface area contributed by atoms with Crippen LogP contribution in [0.15, 0.2) is 42.5 Å². The van der Waals surface area contributed by atoms with Gasteiger partial charge in [-0.15, -0.1) is 0 Å². The third-order valence-electron chi connectivity index (χ3n) is 5.47. The lowest BCUT2D eigenvalue weighted by atomic mass is 10.0. The van der Waals surface area contributed by atoms with Crippen LogP contribution in [0, 0.1) is 0 Å². The SMILES string of the molecule is COc1ccc(C=C2C(=O)N(CN3CCCCC3)c3ccccc32)cc1OC. The van der Waals surface area contributed by atoms with Gasteiger partial charge in [0.25, 0.3) is 5.91 Å². The van der Waals surface area contributed by atoms with E-state index in [9.17, 15) is 4.79 Å². The quantitative estimate of drug-likeness (QED) is 0.737. The van der Waals surface area contributed by atoms with Gasteiger partial charge >= 0.3 is 0 Å². The van der Waals surface area contributed by atoms with Gasteiger partial charge in [-0.2, -0.15) is 0 Å². The summed E-state index contributed by atoms with van der Waals surface area (Å²) < 4.78 is 10.7. The Bertz CT molecular complexity index is 900. The maximum atomic E-state index is 13.3. The summed E-state index contributed by atoms with van der Waals surface area (Å²) in [5.41, 5.74) is 3.61. The number of para-hydroxylation sites is 1. The number of methoxy groups -OCH3 is 2. The first-order valence-electron chi connectivity index (χ1n) is 9.78. The number of likely N-dealkylation sites (tertiary alicyclic amines) is 1. The van der Waals surface area contributed by atoms with Crippen LogP contribution >= 0.6 is 0 Å². The highest BCUT2D eigenvalue weighted by Gasteiger charge is 2.33. The van der Waals surface area contributed by atoms with Gasteiger partial charge in [0.2, 0.25) is 0 Å². The normalized spacial score (nSPS) is 18.4. The molecule has 0 atom stereocenters. The molecule has 0 saturated carbocycles. The molecule has 1 amide bonds. The van der Waals surface area contributed by atoms with E-state index in [1.54, 1.807) is 14.2 Å². The fourth-order valence-electron chi connectivity index (χ4n) is 4.00. The minimum absolute atomic E-state index is 0.0570. The molecule has 2 aliphatic heterocycles. The van der Waals surface area contributed by atoms with Gasteiger partial charge in [0.05, 0.1) is 26.6 Å².